The minimum absolute atomic E-state index is 0.129. The highest BCUT2D eigenvalue weighted by Gasteiger charge is 2.86. The summed E-state index contributed by atoms with van der Waals surface area (Å²) < 4.78 is 136. The van der Waals surface area contributed by atoms with Gasteiger partial charge < -0.3 is 9.84 Å². The maximum absolute atomic E-state index is 13.7. The number of benzene rings is 2. The summed E-state index contributed by atoms with van der Waals surface area (Å²) in [5, 5.41) is 18.4. The Morgan fingerprint density at radius 3 is 1.80 bits per heavy atom. The van der Waals surface area contributed by atoms with Crippen LogP contribution in [0.2, 0.25) is 0 Å². The zero-order chi connectivity index (χ0) is 26.9. The van der Waals surface area contributed by atoms with Crippen LogP contribution in [0.1, 0.15) is 5.56 Å². The molecule has 0 heterocycles. The fraction of sp³-hybridized carbons (Fsp3) is 0.316. The highest BCUT2D eigenvalue weighted by molar-refractivity contribution is 5.82. The summed E-state index contributed by atoms with van der Waals surface area (Å²) >= 11 is 0. The van der Waals surface area contributed by atoms with Crippen LogP contribution in [0.15, 0.2) is 53.5 Å². The van der Waals surface area contributed by atoms with E-state index < -0.39 is 47.1 Å². The van der Waals surface area contributed by atoms with Crippen molar-refractivity contribution in [1.29, 1.82) is 0 Å². The molecule has 2 aromatic rings. The van der Waals surface area contributed by atoms with Crippen molar-refractivity contribution in [3.05, 3.63) is 64.2 Å². The summed E-state index contributed by atoms with van der Waals surface area (Å²) in [7, 11) is 0. The highest BCUT2D eigenvalue weighted by Crippen LogP contribution is 2.56. The number of aliphatic hydroxyl groups is 1. The van der Waals surface area contributed by atoms with Gasteiger partial charge in [0.15, 0.2) is 6.61 Å². The quantitative estimate of drug-likeness (QED) is 0.184. The van der Waals surface area contributed by atoms with Gasteiger partial charge in [-0.25, -0.2) is 0 Å². The van der Waals surface area contributed by atoms with Crippen LogP contribution in [0.3, 0.4) is 0 Å². The third-order valence-electron chi connectivity index (χ3n) is 4.35. The second kappa shape index (κ2) is 9.31. The van der Waals surface area contributed by atoms with E-state index in [0.717, 1.165) is 24.3 Å². The first-order valence-corrected chi connectivity index (χ1v) is 8.96. The fourth-order valence-corrected chi connectivity index (χ4v) is 2.34. The Hall–Kier alpha value is -3.43. The van der Waals surface area contributed by atoms with E-state index >= 15 is 0 Å². The van der Waals surface area contributed by atoms with Gasteiger partial charge in [0.25, 0.3) is 5.69 Å². The van der Waals surface area contributed by atoms with E-state index in [-0.39, 0.29) is 11.4 Å². The summed E-state index contributed by atoms with van der Waals surface area (Å²) in [6.07, 6.45) is -5.49. The second-order valence-electron chi connectivity index (χ2n) is 6.86. The van der Waals surface area contributed by atoms with Gasteiger partial charge in [-0.2, -0.15) is 43.9 Å². The first-order chi connectivity index (χ1) is 15.8. The van der Waals surface area contributed by atoms with E-state index in [1.807, 2.05) is 0 Å². The third kappa shape index (κ3) is 5.47. The number of nitro groups is 1. The molecule has 0 spiro atoms. The number of nitrogens with zero attached hydrogens (tertiary/aromatic N) is 2. The molecule has 0 fully saturated rings. The molecular formula is C19H12F10N2O4. The first-order valence-electron chi connectivity index (χ1n) is 8.96. The number of hydrogen-bond acceptors (Lipinski definition) is 5. The average Bonchev–Trinajstić information content (AvgIpc) is 2.76. The Labute approximate surface area is 188 Å². The molecule has 0 radical (unpaired) electrons. The maximum Gasteiger partial charge on any atom is 0.423 e. The monoisotopic (exact) mass is 522 g/mol. The van der Waals surface area contributed by atoms with Gasteiger partial charge in [0.1, 0.15) is 5.75 Å². The zero-order valence-corrected chi connectivity index (χ0v) is 16.7. The summed E-state index contributed by atoms with van der Waals surface area (Å²) in [6, 6.07) is 8.99. The molecule has 0 atom stereocenters. The molecule has 0 amide bonds. The van der Waals surface area contributed by atoms with E-state index in [9.17, 15) is 54.0 Å². The Bertz CT molecular complexity index is 1070. The van der Waals surface area contributed by atoms with Crippen LogP contribution in [0, 0.1) is 10.1 Å². The minimum atomic E-state index is -7.37. The smallest absolute Gasteiger partial charge is 0.423 e. The number of hydrogen-bond donors (Lipinski definition) is 1. The molecule has 1 N–H and O–H groups in total. The molecule has 2 rings (SSSR count). The van der Waals surface area contributed by atoms with Gasteiger partial charge >= 0.3 is 29.8 Å². The van der Waals surface area contributed by atoms with Crippen molar-refractivity contribution in [2.75, 3.05) is 6.61 Å². The average molecular weight is 522 g/mol. The van der Waals surface area contributed by atoms with Crippen LogP contribution in [0.5, 0.6) is 5.75 Å². The topological polar surface area (TPSA) is 85.0 Å². The molecule has 0 saturated heterocycles. The Kier molecular flexibility index (Phi) is 7.40. The summed E-state index contributed by atoms with van der Waals surface area (Å²) in [5.41, 5.74) is 0.366. The van der Waals surface area contributed by atoms with E-state index in [2.05, 4.69) is 9.73 Å². The van der Waals surface area contributed by atoms with Crippen molar-refractivity contribution in [2.45, 2.75) is 29.8 Å². The summed E-state index contributed by atoms with van der Waals surface area (Å²) in [6.45, 7) is -2.62. The molecule has 0 aromatic heterocycles. The number of nitro benzene ring substituents is 1. The van der Waals surface area contributed by atoms with Crippen LogP contribution in [-0.4, -0.2) is 52.7 Å². The first kappa shape index (κ1) is 27.8. The highest BCUT2D eigenvalue weighted by atomic mass is 19.4. The molecule has 0 aliphatic heterocycles. The molecule has 0 aliphatic rings. The summed E-state index contributed by atoms with van der Waals surface area (Å²) in [5.74, 6) is -28.4. The van der Waals surface area contributed by atoms with E-state index in [0.29, 0.717) is 5.56 Å². The number of non-ortho nitro benzene ring substituents is 1. The lowest BCUT2D eigenvalue weighted by molar-refractivity contribution is -0.438. The fourth-order valence-electron chi connectivity index (χ4n) is 2.34. The van der Waals surface area contributed by atoms with Crippen molar-refractivity contribution in [2.24, 2.45) is 4.99 Å². The van der Waals surface area contributed by atoms with E-state index in [1.54, 1.807) is 0 Å². The Balaban J connectivity index is 2.10. The van der Waals surface area contributed by atoms with Crippen molar-refractivity contribution in [1.82, 2.24) is 0 Å². The van der Waals surface area contributed by atoms with Gasteiger partial charge in [0.05, 0.1) is 10.6 Å². The maximum atomic E-state index is 13.7. The molecule has 192 valence electrons. The van der Waals surface area contributed by atoms with Crippen LogP contribution in [-0.2, 0) is 0 Å². The van der Waals surface area contributed by atoms with Gasteiger partial charge in [-0.15, -0.1) is 0 Å². The SMILES string of the molecule is O=[N+]([O-])c1ccc(C=Nc2ccc(OCC(F)(F)C(F)(F)C(F)(F)C(F)(F)C(O)(F)F)cc2)cc1. The van der Waals surface area contributed by atoms with Crippen LogP contribution < -0.4 is 4.74 Å². The van der Waals surface area contributed by atoms with Crippen LogP contribution in [0.25, 0.3) is 0 Å². The molecule has 35 heavy (non-hydrogen) atoms. The lowest BCUT2D eigenvalue weighted by Gasteiger charge is -2.37. The van der Waals surface area contributed by atoms with Crippen molar-refractivity contribution in [3.63, 3.8) is 0 Å². The number of halogens is 10. The Morgan fingerprint density at radius 2 is 1.34 bits per heavy atom. The number of rotatable bonds is 10. The minimum Gasteiger partial charge on any atom is -0.487 e. The number of ether oxygens (including phenoxy) is 1. The second-order valence-corrected chi connectivity index (χ2v) is 6.86. The largest absolute Gasteiger partial charge is 0.487 e. The van der Waals surface area contributed by atoms with Crippen molar-refractivity contribution >= 4 is 17.6 Å². The van der Waals surface area contributed by atoms with Crippen molar-refractivity contribution in [3.8, 4) is 5.75 Å². The molecule has 2 aromatic carbocycles. The summed E-state index contributed by atoms with van der Waals surface area (Å²) in [4.78, 5) is 13.9. The molecule has 16 heteroatoms. The normalized spacial score (nSPS) is 13.8. The van der Waals surface area contributed by atoms with Gasteiger partial charge in [-0.05, 0) is 42.0 Å². The number of aliphatic imine (C=N–C) groups is 1. The molecule has 6 nitrogen and oxygen atoms in total. The zero-order valence-electron chi connectivity index (χ0n) is 16.7. The number of alkyl halides is 10. The predicted octanol–water partition coefficient (Wildman–Crippen LogP) is 5.85. The van der Waals surface area contributed by atoms with Crippen molar-refractivity contribution < 1.29 is 58.7 Å². The molecule has 0 aliphatic carbocycles. The third-order valence-corrected chi connectivity index (χ3v) is 4.35. The lowest BCUT2D eigenvalue weighted by atomic mass is 9.98. The Morgan fingerprint density at radius 1 is 0.829 bits per heavy atom. The predicted molar refractivity (Wildman–Crippen MR) is 99.2 cm³/mol. The van der Waals surface area contributed by atoms with Crippen LogP contribution >= 0.6 is 0 Å². The van der Waals surface area contributed by atoms with Gasteiger partial charge in [0, 0.05) is 18.3 Å². The van der Waals surface area contributed by atoms with E-state index in [4.69, 9.17) is 5.11 Å². The van der Waals surface area contributed by atoms with E-state index in [1.165, 1.54) is 30.5 Å². The lowest BCUT2D eigenvalue weighted by Crippen LogP contribution is -2.68. The molecule has 0 bridgehead atoms. The molecule has 0 saturated carbocycles. The van der Waals surface area contributed by atoms with Gasteiger partial charge in [-0.3, -0.25) is 15.1 Å². The molecule has 0 unspecified atom stereocenters. The standard InChI is InChI=1S/C19H12F10N2O4/c20-15(21,16(22,23)17(24,25)18(26,27)19(28,29)32)10-35-14-7-3-12(4-8-14)30-9-11-1-5-13(6-2-11)31(33)34/h1-9,32H,10H2. The van der Waals surface area contributed by atoms with Gasteiger partial charge in [0.2, 0.25) is 0 Å². The van der Waals surface area contributed by atoms with Gasteiger partial charge in [-0.1, -0.05) is 0 Å². The molecular weight excluding hydrogens is 510 g/mol. The van der Waals surface area contributed by atoms with Crippen LogP contribution in [0.4, 0.5) is 55.3 Å².